The number of aliphatic carboxylic acids is 2. The number of benzene rings is 4. The van der Waals surface area contributed by atoms with Crippen molar-refractivity contribution in [3.63, 3.8) is 0 Å². The molecule has 0 bridgehead atoms. The Kier molecular flexibility index (Phi) is 13.4. The van der Waals surface area contributed by atoms with Gasteiger partial charge in [-0.15, -0.1) is 0 Å². The Bertz CT molecular complexity index is 1980. The summed E-state index contributed by atoms with van der Waals surface area (Å²) in [6, 6.07) is 23.6. The van der Waals surface area contributed by atoms with Crippen LogP contribution in [0.25, 0.3) is 11.1 Å². The van der Waals surface area contributed by atoms with Crippen LogP contribution in [-0.2, 0) is 35.7 Å². The first-order valence-electron chi connectivity index (χ1n) is 18.6. The van der Waals surface area contributed by atoms with Gasteiger partial charge in [0.2, 0.25) is 0 Å². The molecule has 3 unspecified atom stereocenters. The Balaban J connectivity index is 1.30. The number of nitrogens with one attached hydrogen (secondary N) is 2. The summed E-state index contributed by atoms with van der Waals surface area (Å²) in [5, 5.41) is 44.1. The Hall–Kier alpha value is -5.14. The van der Waals surface area contributed by atoms with Crippen LogP contribution in [0.15, 0.2) is 72.8 Å². The summed E-state index contributed by atoms with van der Waals surface area (Å²) in [7, 11) is 0. The lowest BCUT2D eigenvalue weighted by Gasteiger charge is -2.24. The van der Waals surface area contributed by atoms with Crippen molar-refractivity contribution in [2.75, 3.05) is 26.4 Å². The van der Waals surface area contributed by atoms with E-state index in [1.165, 1.54) is 19.4 Å². The standard InChI is InChI=1S/C43H52N2O10/c1-6-52-38-20-31(16-14-28(38)22-44-42(4,25-46)40(48)49)54-24-30-10-8-11-33(27(30)3)34-12-9-13-36-35(34)18-19-37(36)55-32-17-15-29(39(21-32)53-7-2)23-45-43(5,26-47)41(50)51/h8-17,20-21,37,44-47H,6-7,18-19,22-26H2,1-5H3,(H,48,49)(H,50,51). The number of hydrogen-bond donors (Lipinski definition) is 6. The van der Waals surface area contributed by atoms with E-state index in [9.17, 15) is 30.0 Å². The Labute approximate surface area is 322 Å². The molecule has 0 radical (unpaired) electrons. The largest absolute Gasteiger partial charge is 0.493 e. The van der Waals surface area contributed by atoms with Crippen LogP contribution in [0.5, 0.6) is 23.0 Å². The van der Waals surface area contributed by atoms with Crippen molar-refractivity contribution in [3.05, 3.63) is 106 Å². The molecule has 12 heteroatoms. The molecule has 5 rings (SSSR count). The molecule has 1 aliphatic carbocycles. The second kappa shape index (κ2) is 18.0. The van der Waals surface area contributed by atoms with Crippen molar-refractivity contribution in [2.24, 2.45) is 0 Å². The van der Waals surface area contributed by atoms with E-state index in [1.54, 1.807) is 6.07 Å². The molecule has 55 heavy (non-hydrogen) atoms. The third-order valence-corrected chi connectivity index (χ3v) is 10.2. The molecule has 0 aromatic heterocycles. The minimum absolute atomic E-state index is 0.163. The van der Waals surface area contributed by atoms with Gasteiger partial charge in [-0.2, -0.15) is 0 Å². The zero-order valence-electron chi connectivity index (χ0n) is 32.1. The zero-order valence-corrected chi connectivity index (χ0v) is 32.1. The minimum Gasteiger partial charge on any atom is -0.493 e. The van der Waals surface area contributed by atoms with Gasteiger partial charge < -0.3 is 39.4 Å². The van der Waals surface area contributed by atoms with Crippen molar-refractivity contribution in [2.45, 2.75) is 84.3 Å². The van der Waals surface area contributed by atoms with Gasteiger partial charge >= 0.3 is 11.9 Å². The van der Waals surface area contributed by atoms with Gasteiger partial charge in [0.05, 0.1) is 26.4 Å². The van der Waals surface area contributed by atoms with Crippen LogP contribution < -0.4 is 29.6 Å². The molecule has 3 atom stereocenters. The molecule has 0 heterocycles. The molecule has 6 N–H and O–H groups in total. The van der Waals surface area contributed by atoms with Crippen LogP contribution >= 0.6 is 0 Å². The van der Waals surface area contributed by atoms with Crippen LogP contribution in [0.2, 0.25) is 0 Å². The first kappa shape index (κ1) is 41.0. The van der Waals surface area contributed by atoms with Crippen LogP contribution in [0, 0.1) is 6.92 Å². The number of aliphatic hydroxyl groups excluding tert-OH is 2. The number of rotatable bonds is 20. The molecule has 12 nitrogen and oxygen atoms in total. The maximum atomic E-state index is 11.7. The lowest BCUT2D eigenvalue weighted by Crippen LogP contribution is -2.52. The number of carboxylic acid groups (broad SMARTS) is 2. The average molecular weight is 757 g/mol. The Morgan fingerprint density at radius 3 is 1.84 bits per heavy atom. The maximum absolute atomic E-state index is 11.7. The summed E-state index contributed by atoms with van der Waals surface area (Å²) in [5.41, 5.74) is 5.31. The lowest BCUT2D eigenvalue weighted by atomic mass is 9.91. The van der Waals surface area contributed by atoms with Gasteiger partial charge in [0.1, 0.15) is 46.8 Å². The van der Waals surface area contributed by atoms with Crippen molar-refractivity contribution in [1.82, 2.24) is 10.6 Å². The smallest absolute Gasteiger partial charge is 0.326 e. The second-order valence-electron chi connectivity index (χ2n) is 14.1. The monoisotopic (exact) mass is 756 g/mol. The topological polar surface area (TPSA) is 176 Å². The van der Waals surface area contributed by atoms with Crippen molar-refractivity contribution >= 4 is 11.9 Å². The predicted octanol–water partition coefficient (Wildman–Crippen LogP) is 5.96. The predicted molar refractivity (Wildman–Crippen MR) is 208 cm³/mol. The molecule has 0 fully saturated rings. The van der Waals surface area contributed by atoms with E-state index >= 15 is 0 Å². The van der Waals surface area contributed by atoms with E-state index in [-0.39, 0.29) is 19.2 Å². The van der Waals surface area contributed by atoms with Crippen LogP contribution in [-0.4, -0.2) is 69.9 Å². The fourth-order valence-corrected chi connectivity index (χ4v) is 6.53. The molecule has 1 aliphatic rings. The normalized spacial score (nSPS) is 15.7. The first-order valence-corrected chi connectivity index (χ1v) is 18.6. The molecular weight excluding hydrogens is 704 g/mol. The van der Waals surface area contributed by atoms with E-state index < -0.39 is 36.2 Å². The number of hydrogen-bond acceptors (Lipinski definition) is 10. The van der Waals surface area contributed by atoms with Gasteiger partial charge in [0.15, 0.2) is 0 Å². The maximum Gasteiger partial charge on any atom is 0.326 e. The average Bonchev–Trinajstić information content (AvgIpc) is 3.59. The molecule has 4 aromatic rings. The minimum atomic E-state index is -1.48. The number of carboxylic acids is 2. The van der Waals surface area contributed by atoms with Gasteiger partial charge in [-0.3, -0.25) is 20.2 Å². The first-order chi connectivity index (χ1) is 26.4. The van der Waals surface area contributed by atoms with Gasteiger partial charge in [-0.1, -0.05) is 48.5 Å². The molecule has 0 spiro atoms. The zero-order chi connectivity index (χ0) is 39.8. The quantitative estimate of drug-likeness (QED) is 0.0626. The Morgan fingerprint density at radius 2 is 1.27 bits per heavy atom. The van der Waals surface area contributed by atoms with Crippen molar-refractivity contribution in [3.8, 4) is 34.1 Å². The molecule has 0 amide bonds. The summed E-state index contributed by atoms with van der Waals surface area (Å²) < 4.78 is 24.6. The third kappa shape index (κ3) is 9.40. The fraction of sp³-hybridized carbons (Fsp3) is 0.395. The van der Waals surface area contributed by atoms with E-state index in [0.717, 1.165) is 51.8 Å². The summed E-state index contributed by atoms with van der Waals surface area (Å²) in [6.07, 6.45) is 1.49. The molecule has 0 aliphatic heterocycles. The summed E-state index contributed by atoms with van der Waals surface area (Å²) >= 11 is 0. The molecular formula is C43H52N2O10. The third-order valence-electron chi connectivity index (χ3n) is 10.2. The highest BCUT2D eigenvalue weighted by molar-refractivity contribution is 5.79. The highest BCUT2D eigenvalue weighted by Crippen LogP contribution is 2.42. The van der Waals surface area contributed by atoms with Crippen LogP contribution in [0.1, 0.15) is 73.6 Å². The van der Waals surface area contributed by atoms with Gasteiger partial charge in [0, 0.05) is 36.3 Å². The van der Waals surface area contributed by atoms with Gasteiger partial charge in [0.25, 0.3) is 0 Å². The van der Waals surface area contributed by atoms with E-state index in [1.807, 2.05) is 50.2 Å². The highest BCUT2D eigenvalue weighted by atomic mass is 16.5. The summed E-state index contributed by atoms with van der Waals surface area (Å²) in [5.74, 6) is 0.139. The van der Waals surface area contributed by atoms with E-state index in [2.05, 4.69) is 47.9 Å². The molecule has 0 saturated carbocycles. The Morgan fingerprint density at radius 1 is 0.727 bits per heavy atom. The second-order valence-corrected chi connectivity index (χ2v) is 14.1. The number of aliphatic hydroxyl groups is 2. The van der Waals surface area contributed by atoms with Gasteiger partial charge in [-0.25, -0.2) is 0 Å². The van der Waals surface area contributed by atoms with E-state index in [0.29, 0.717) is 42.8 Å². The van der Waals surface area contributed by atoms with Crippen LogP contribution in [0.4, 0.5) is 0 Å². The number of fused-ring (bicyclic) bond motifs is 1. The lowest BCUT2D eigenvalue weighted by molar-refractivity contribution is -0.146. The van der Waals surface area contributed by atoms with Crippen molar-refractivity contribution < 1.29 is 49.0 Å². The SMILES string of the molecule is CCOc1cc(OCc2cccc(-c3cccc4c3CCC4Oc3ccc(CNC(C)(CO)C(=O)O)c(OCC)c3)c2C)ccc1CNC(C)(CO)C(=O)O. The molecule has 0 saturated heterocycles. The highest BCUT2D eigenvalue weighted by Gasteiger charge is 2.33. The summed E-state index contributed by atoms with van der Waals surface area (Å²) in [6.45, 7) is 9.17. The fourth-order valence-electron chi connectivity index (χ4n) is 6.53. The van der Waals surface area contributed by atoms with E-state index in [4.69, 9.17) is 18.9 Å². The number of carbonyl (C=O) groups is 2. The summed E-state index contributed by atoms with van der Waals surface area (Å²) in [4.78, 5) is 23.3. The van der Waals surface area contributed by atoms with Crippen molar-refractivity contribution in [1.29, 1.82) is 0 Å². The number of ether oxygens (including phenoxy) is 4. The molecule has 4 aromatic carbocycles. The molecule has 294 valence electrons. The van der Waals surface area contributed by atoms with Gasteiger partial charge in [-0.05, 0) is 93.0 Å². The van der Waals surface area contributed by atoms with Crippen LogP contribution in [0.3, 0.4) is 0 Å².